The van der Waals surface area contributed by atoms with Crippen molar-refractivity contribution >= 4 is 44.6 Å². The van der Waals surface area contributed by atoms with E-state index < -0.39 is 13.6 Å². The van der Waals surface area contributed by atoms with Crippen molar-refractivity contribution in [1.82, 2.24) is 4.90 Å². The van der Waals surface area contributed by atoms with Crippen molar-refractivity contribution in [2.45, 2.75) is 40.8 Å². The van der Waals surface area contributed by atoms with Crippen LogP contribution in [0.2, 0.25) is 0 Å². The first-order valence-electron chi connectivity index (χ1n) is 10.4. The maximum absolute atomic E-state index is 11.5. The summed E-state index contributed by atoms with van der Waals surface area (Å²) in [6.07, 6.45) is 5.06. The SMILES string of the molecule is CS(=O)(=O)Cc1ccc(-c2ccc3c(c2)CCC2(CCN(CC(Cl)(Cl)Cl)CC2)O3)cc1. The highest BCUT2D eigenvalue weighted by Gasteiger charge is 2.40. The molecule has 168 valence electrons. The van der Waals surface area contributed by atoms with Crippen LogP contribution in [0.25, 0.3) is 11.1 Å². The molecule has 0 radical (unpaired) electrons. The highest BCUT2D eigenvalue weighted by molar-refractivity contribution is 7.89. The molecule has 4 rings (SSSR count). The molecule has 2 aliphatic heterocycles. The van der Waals surface area contributed by atoms with E-state index in [2.05, 4.69) is 23.1 Å². The first-order chi connectivity index (χ1) is 14.5. The van der Waals surface area contributed by atoms with E-state index in [-0.39, 0.29) is 11.4 Å². The van der Waals surface area contributed by atoms with Crippen molar-refractivity contribution < 1.29 is 13.2 Å². The summed E-state index contributed by atoms with van der Waals surface area (Å²) in [5, 5.41) is 0. The number of piperidine rings is 1. The van der Waals surface area contributed by atoms with Crippen molar-refractivity contribution in [3.63, 3.8) is 0 Å². The third kappa shape index (κ3) is 6.08. The highest BCUT2D eigenvalue weighted by Crippen LogP contribution is 2.41. The van der Waals surface area contributed by atoms with Gasteiger partial charge in [-0.3, -0.25) is 4.90 Å². The Balaban J connectivity index is 1.44. The molecule has 2 heterocycles. The summed E-state index contributed by atoms with van der Waals surface area (Å²) in [6.45, 7) is 2.17. The quantitative estimate of drug-likeness (QED) is 0.523. The zero-order chi connectivity index (χ0) is 22.3. The molecule has 0 aromatic heterocycles. The number of rotatable bonds is 4. The molecule has 1 spiro atoms. The normalized spacial score (nSPS) is 19.1. The second kappa shape index (κ2) is 8.75. The third-order valence-electron chi connectivity index (χ3n) is 6.12. The average molecular weight is 503 g/mol. The smallest absolute Gasteiger partial charge is 0.203 e. The van der Waals surface area contributed by atoms with Crippen molar-refractivity contribution in [2.24, 2.45) is 0 Å². The largest absolute Gasteiger partial charge is 0.487 e. The molecule has 4 nitrogen and oxygen atoms in total. The van der Waals surface area contributed by atoms with Gasteiger partial charge in [-0.05, 0) is 60.1 Å². The molecule has 0 saturated carbocycles. The molecule has 2 aromatic rings. The minimum Gasteiger partial charge on any atom is -0.487 e. The van der Waals surface area contributed by atoms with Crippen LogP contribution in [-0.2, 0) is 22.0 Å². The summed E-state index contributed by atoms with van der Waals surface area (Å²) >= 11 is 17.8. The van der Waals surface area contributed by atoms with Gasteiger partial charge in [-0.25, -0.2) is 8.42 Å². The molecular formula is C23H26Cl3NO3S. The van der Waals surface area contributed by atoms with Crippen LogP contribution in [0.1, 0.15) is 30.4 Å². The Morgan fingerprint density at radius 3 is 2.26 bits per heavy atom. The number of alkyl halides is 3. The first kappa shape index (κ1) is 23.2. The maximum atomic E-state index is 11.5. The minimum absolute atomic E-state index is 0.0620. The molecule has 31 heavy (non-hydrogen) atoms. The zero-order valence-electron chi connectivity index (χ0n) is 17.4. The number of hydrogen-bond donors (Lipinski definition) is 0. The summed E-state index contributed by atoms with van der Waals surface area (Å²) < 4.78 is 28.2. The van der Waals surface area contributed by atoms with Crippen LogP contribution in [0.4, 0.5) is 0 Å². The third-order valence-corrected chi connectivity index (χ3v) is 7.34. The van der Waals surface area contributed by atoms with E-state index in [0.717, 1.165) is 61.2 Å². The molecule has 0 bridgehead atoms. The average Bonchev–Trinajstić information content (AvgIpc) is 2.68. The monoisotopic (exact) mass is 501 g/mol. The summed E-state index contributed by atoms with van der Waals surface area (Å²) in [4.78, 5) is 2.19. The summed E-state index contributed by atoms with van der Waals surface area (Å²) in [6, 6.07) is 14.0. The van der Waals surface area contributed by atoms with Gasteiger partial charge in [-0.1, -0.05) is 65.1 Å². The van der Waals surface area contributed by atoms with Gasteiger partial charge in [0, 0.05) is 25.9 Å². The summed E-state index contributed by atoms with van der Waals surface area (Å²) in [7, 11) is -3.03. The van der Waals surface area contributed by atoms with Gasteiger partial charge in [0.25, 0.3) is 0 Å². The van der Waals surface area contributed by atoms with E-state index in [4.69, 9.17) is 39.5 Å². The molecule has 0 amide bonds. The van der Waals surface area contributed by atoms with Gasteiger partial charge in [0.1, 0.15) is 11.4 Å². The predicted molar refractivity (Wildman–Crippen MR) is 128 cm³/mol. The summed E-state index contributed by atoms with van der Waals surface area (Å²) in [5.74, 6) is 1.02. The fourth-order valence-electron chi connectivity index (χ4n) is 4.52. The van der Waals surface area contributed by atoms with Gasteiger partial charge in [0.2, 0.25) is 3.79 Å². The lowest BCUT2D eigenvalue weighted by atomic mass is 9.82. The Morgan fingerprint density at radius 1 is 1.00 bits per heavy atom. The minimum atomic E-state index is -3.03. The lowest BCUT2D eigenvalue weighted by molar-refractivity contribution is -0.0139. The van der Waals surface area contributed by atoms with E-state index in [1.54, 1.807) is 0 Å². The molecule has 0 N–H and O–H groups in total. The molecule has 2 aliphatic rings. The lowest BCUT2D eigenvalue weighted by Crippen LogP contribution is -2.51. The number of fused-ring (bicyclic) bond motifs is 1. The van der Waals surface area contributed by atoms with E-state index in [1.165, 1.54) is 11.8 Å². The van der Waals surface area contributed by atoms with E-state index in [1.807, 2.05) is 24.3 Å². The molecular weight excluding hydrogens is 477 g/mol. The first-order valence-corrected chi connectivity index (χ1v) is 13.6. The fraction of sp³-hybridized carbons (Fsp3) is 0.478. The van der Waals surface area contributed by atoms with E-state index in [0.29, 0.717) is 6.54 Å². The standard InChI is InChI=1S/C23H26Cl3NO3S/c1-31(28,29)15-17-2-4-18(5-3-17)19-6-7-21-20(14-19)8-9-22(30-21)10-12-27(13-11-22)16-23(24,25)26/h2-7,14H,8-13,15-16H2,1H3. The maximum Gasteiger partial charge on any atom is 0.203 e. The number of aryl methyl sites for hydroxylation is 1. The lowest BCUT2D eigenvalue weighted by Gasteiger charge is -2.45. The van der Waals surface area contributed by atoms with Crippen molar-refractivity contribution in [3.8, 4) is 16.9 Å². The van der Waals surface area contributed by atoms with Crippen LogP contribution in [0.3, 0.4) is 0 Å². The Kier molecular flexibility index (Phi) is 6.55. The van der Waals surface area contributed by atoms with E-state index in [9.17, 15) is 8.42 Å². The molecule has 1 fully saturated rings. The summed E-state index contributed by atoms with van der Waals surface area (Å²) in [5.41, 5.74) is 4.07. The molecule has 0 aliphatic carbocycles. The Morgan fingerprint density at radius 2 is 1.65 bits per heavy atom. The topological polar surface area (TPSA) is 46.6 Å². The van der Waals surface area contributed by atoms with Gasteiger partial charge in [-0.15, -0.1) is 0 Å². The highest BCUT2D eigenvalue weighted by atomic mass is 35.6. The van der Waals surface area contributed by atoms with E-state index >= 15 is 0 Å². The number of ether oxygens (including phenoxy) is 1. The second-order valence-electron chi connectivity index (χ2n) is 8.77. The van der Waals surface area contributed by atoms with Crippen LogP contribution < -0.4 is 4.74 Å². The van der Waals surface area contributed by atoms with Gasteiger partial charge in [0.15, 0.2) is 9.84 Å². The Labute approximate surface area is 199 Å². The second-order valence-corrected chi connectivity index (χ2v) is 13.4. The van der Waals surface area contributed by atoms with Gasteiger partial charge in [-0.2, -0.15) is 0 Å². The van der Waals surface area contributed by atoms with Crippen LogP contribution in [0.5, 0.6) is 5.75 Å². The number of hydrogen-bond acceptors (Lipinski definition) is 4. The van der Waals surface area contributed by atoms with Crippen LogP contribution in [0.15, 0.2) is 42.5 Å². The van der Waals surface area contributed by atoms with Crippen LogP contribution in [0, 0.1) is 0 Å². The Hall–Kier alpha value is -0.980. The fourth-order valence-corrected chi connectivity index (χ4v) is 5.83. The predicted octanol–water partition coefficient (Wildman–Crippen LogP) is 5.43. The number of halogens is 3. The van der Waals surface area contributed by atoms with Gasteiger partial charge >= 0.3 is 0 Å². The number of sulfone groups is 1. The number of nitrogens with zero attached hydrogens (tertiary/aromatic N) is 1. The number of likely N-dealkylation sites (tertiary alicyclic amines) is 1. The molecule has 8 heteroatoms. The van der Waals surface area contributed by atoms with Crippen LogP contribution in [-0.4, -0.2) is 48.6 Å². The van der Waals surface area contributed by atoms with Gasteiger partial charge in [0.05, 0.1) is 5.75 Å². The number of benzene rings is 2. The van der Waals surface area contributed by atoms with Crippen molar-refractivity contribution in [3.05, 3.63) is 53.6 Å². The van der Waals surface area contributed by atoms with Crippen molar-refractivity contribution in [2.75, 3.05) is 25.9 Å². The van der Waals surface area contributed by atoms with Crippen LogP contribution >= 0.6 is 34.8 Å². The Bertz CT molecular complexity index is 1040. The molecule has 0 atom stereocenters. The van der Waals surface area contributed by atoms with Gasteiger partial charge < -0.3 is 4.74 Å². The molecule has 1 saturated heterocycles. The molecule has 0 unspecified atom stereocenters. The zero-order valence-corrected chi connectivity index (χ0v) is 20.5. The molecule has 2 aromatic carbocycles. The van der Waals surface area contributed by atoms with Crippen molar-refractivity contribution in [1.29, 1.82) is 0 Å².